The van der Waals surface area contributed by atoms with Crippen LogP contribution < -0.4 is 4.74 Å². The SMILES string of the molecule is COC(=O)c1ccc(OC(=O)OC(C)(C)C)c(I)c1C(=O)OC. The molecule has 0 aliphatic carbocycles. The van der Waals surface area contributed by atoms with Crippen LogP contribution in [0.3, 0.4) is 0 Å². The second-order valence-corrected chi connectivity index (χ2v) is 6.43. The third-order valence-electron chi connectivity index (χ3n) is 2.48. The maximum absolute atomic E-state index is 11.9. The van der Waals surface area contributed by atoms with Gasteiger partial charge in [-0.3, -0.25) is 0 Å². The quantitative estimate of drug-likeness (QED) is 0.311. The Kier molecular flexibility index (Phi) is 6.37. The predicted octanol–water partition coefficient (Wildman–Crippen LogP) is 3.18. The highest BCUT2D eigenvalue weighted by Crippen LogP contribution is 2.29. The van der Waals surface area contributed by atoms with Gasteiger partial charge in [0.25, 0.3) is 0 Å². The van der Waals surface area contributed by atoms with Gasteiger partial charge in [-0.15, -0.1) is 0 Å². The smallest absolute Gasteiger partial charge is 0.465 e. The Morgan fingerprint density at radius 3 is 2.04 bits per heavy atom. The number of rotatable bonds is 3. The molecule has 0 radical (unpaired) electrons. The van der Waals surface area contributed by atoms with Gasteiger partial charge in [-0.25, -0.2) is 14.4 Å². The summed E-state index contributed by atoms with van der Waals surface area (Å²) >= 11 is 1.78. The number of hydrogen-bond donors (Lipinski definition) is 0. The van der Waals surface area contributed by atoms with Crippen molar-refractivity contribution >= 4 is 40.7 Å². The van der Waals surface area contributed by atoms with Crippen molar-refractivity contribution in [3.05, 3.63) is 26.8 Å². The van der Waals surface area contributed by atoms with Crippen LogP contribution in [-0.4, -0.2) is 37.9 Å². The highest BCUT2D eigenvalue weighted by molar-refractivity contribution is 14.1. The Labute approximate surface area is 147 Å². The second-order valence-electron chi connectivity index (χ2n) is 5.35. The van der Waals surface area contributed by atoms with Crippen molar-refractivity contribution in [1.29, 1.82) is 0 Å². The standard InChI is InChI=1S/C15H17IO7/c1-15(2,3)23-14(19)22-9-7-6-8(12(17)20-4)10(11(9)16)13(18)21-5/h6-7H,1-5H3. The monoisotopic (exact) mass is 436 g/mol. The van der Waals surface area contributed by atoms with Gasteiger partial charge < -0.3 is 18.9 Å². The molecule has 0 spiro atoms. The average molecular weight is 436 g/mol. The van der Waals surface area contributed by atoms with E-state index >= 15 is 0 Å². The van der Waals surface area contributed by atoms with E-state index in [1.165, 1.54) is 26.4 Å². The van der Waals surface area contributed by atoms with E-state index in [0.29, 0.717) is 0 Å². The van der Waals surface area contributed by atoms with Crippen LogP contribution in [0.1, 0.15) is 41.5 Å². The third-order valence-corrected chi connectivity index (χ3v) is 3.56. The fourth-order valence-corrected chi connectivity index (χ4v) is 2.38. The van der Waals surface area contributed by atoms with Crippen LogP contribution in [-0.2, 0) is 14.2 Å². The van der Waals surface area contributed by atoms with E-state index in [1.54, 1.807) is 43.4 Å². The number of halogens is 1. The van der Waals surface area contributed by atoms with Crippen molar-refractivity contribution in [3.63, 3.8) is 0 Å². The van der Waals surface area contributed by atoms with Crippen LogP contribution in [0.25, 0.3) is 0 Å². The summed E-state index contributed by atoms with van der Waals surface area (Å²) < 4.78 is 19.7. The fraction of sp³-hybridized carbons (Fsp3) is 0.400. The first-order valence-corrected chi connectivity index (χ1v) is 7.58. The first-order valence-electron chi connectivity index (χ1n) is 6.50. The summed E-state index contributed by atoms with van der Waals surface area (Å²) in [5.41, 5.74) is -0.749. The van der Waals surface area contributed by atoms with Crippen LogP contribution >= 0.6 is 22.6 Å². The highest BCUT2D eigenvalue weighted by atomic mass is 127. The topological polar surface area (TPSA) is 88.1 Å². The van der Waals surface area contributed by atoms with Crippen LogP contribution in [0.15, 0.2) is 12.1 Å². The molecular formula is C15H17IO7. The normalized spacial score (nSPS) is 10.7. The lowest BCUT2D eigenvalue weighted by Crippen LogP contribution is -2.26. The number of methoxy groups -OCH3 is 2. The zero-order chi connectivity index (χ0) is 17.8. The molecule has 0 N–H and O–H groups in total. The number of hydrogen-bond acceptors (Lipinski definition) is 7. The molecule has 0 aliphatic heterocycles. The molecule has 1 aromatic rings. The van der Waals surface area contributed by atoms with Crippen molar-refractivity contribution < 1.29 is 33.3 Å². The maximum Gasteiger partial charge on any atom is 0.514 e. The second kappa shape index (κ2) is 7.62. The van der Waals surface area contributed by atoms with Gasteiger partial charge >= 0.3 is 18.1 Å². The van der Waals surface area contributed by atoms with Gasteiger partial charge in [-0.05, 0) is 55.5 Å². The molecule has 7 nitrogen and oxygen atoms in total. The summed E-state index contributed by atoms with van der Waals surface area (Å²) in [4.78, 5) is 35.4. The summed E-state index contributed by atoms with van der Waals surface area (Å²) in [5, 5.41) is 0. The van der Waals surface area contributed by atoms with E-state index in [1.807, 2.05) is 0 Å². The number of carbonyl (C=O) groups is 3. The molecule has 8 heteroatoms. The molecule has 23 heavy (non-hydrogen) atoms. The van der Waals surface area contributed by atoms with Crippen LogP contribution in [0, 0.1) is 3.57 Å². The Balaban J connectivity index is 3.24. The van der Waals surface area contributed by atoms with E-state index in [-0.39, 0.29) is 20.4 Å². The lowest BCUT2D eigenvalue weighted by atomic mass is 10.1. The average Bonchev–Trinajstić information content (AvgIpc) is 2.45. The summed E-state index contributed by atoms with van der Waals surface area (Å²) in [5.74, 6) is -1.37. The molecule has 0 amide bonds. The van der Waals surface area contributed by atoms with E-state index < -0.39 is 23.7 Å². The molecule has 0 fully saturated rings. The molecule has 0 atom stereocenters. The maximum atomic E-state index is 11.9. The highest BCUT2D eigenvalue weighted by Gasteiger charge is 2.26. The molecule has 0 heterocycles. The van der Waals surface area contributed by atoms with E-state index in [0.717, 1.165) is 0 Å². The Morgan fingerprint density at radius 1 is 1.00 bits per heavy atom. The first kappa shape index (κ1) is 19.2. The number of carbonyl (C=O) groups excluding carboxylic acids is 3. The number of benzene rings is 1. The van der Waals surface area contributed by atoms with Crippen molar-refractivity contribution in [2.24, 2.45) is 0 Å². The van der Waals surface area contributed by atoms with Crippen molar-refractivity contribution in [2.45, 2.75) is 26.4 Å². The van der Waals surface area contributed by atoms with Gasteiger partial charge in [0.05, 0.1) is 28.9 Å². The minimum absolute atomic E-state index is 0.0142. The van der Waals surface area contributed by atoms with Crippen molar-refractivity contribution in [2.75, 3.05) is 14.2 Å². The lowest BCUT2D eigenvalue weighted by Gasteiger charge is -2.19. The van der Waals surface area contributed by atoms with Crippen molar-refractivity contribution in [1.82, 2.24) is 0 Å². The third kappa shape index (κ3) is 5.08. The first-order chi connectivity index (χ1) is 10.6. The molecular weight excluding hydrogens is 419 g/mol. The molecule has 0 bridgehead atoms. The molecule has 0 aliphatic rings. The molecule has 0 saturated heterocycles. The summed E-state index contributed by atoms with van der Waals surface area (Å²) in [6.07, 6.45) is -0.919. The zero-order valence-corrected chi connectivity index (χ0v) is 15.5. The summed E-state index contributed by atoms with van der Waals surface area (Å²) in [6.45, 7) is 5.08. The van der Waals surface area contributed by atoms with Gasteiger partial charge in [0.2, 0.25) is 0 Å². The lowest BCUT2D eigenvalue weighted by molar-refractivity contribution is 0.0203. The van der Waals surface area contributed by atoms with Crippen molar-refractivity contribution in [3.8, 4) is 5.75 Å². The molecule has 0 saturated carbocycles. The van der Waals surface area contributed by atoms with Gasteiger partial charge in [-0.1, -0.05) is 0 Å². The summed E-state index contributed by atoms with van der Waals surface area (Å²) in [6, 6.07) is 2.70. The number of ether oxygens (including phenoxy) is 4. The minimum atomic E-state index is -0.919. The fourth-order valence-electron chi connectivity index (χ4n) is 1.58. The Hall–Kier alpha value is -1.84. The molecule has 0 aromatic heterocycles. The molecule has 0 unspecified atom stereocenters. The Bertz CT molecular complexity index is 631. The van der Waals surface area contributed by atoms with Gasteiger partial charge in [0.1, 0.15) is 11.4 Å². The molecule has 1 aromatic carbocycles. The molecule has 1 rings (SSSR count). The van der Waals surface area contributed by atoms with Gasteiger partial charge in [0, 0.05) is 0 Å². The zero-order valence-electron chi connectivity index (χ0n) is 13.4. The van der Waals surface area contributed by atoms with Crippen LogP contribution in [0.4, 0.5) is 4.79 Å². The van der Waals surface area contributed by atoms with Gasteiger partial charge in [-0.2, -0.15) is 0 Å². The van der Waals surface area contributed by atoms with E-state index in [9.17, 15) is 14.4 Å². The van der Waals surface area contributed by atoms with Crippen LogP contribution in [0.5, 0.6) is 5.75 Å². The van der Waals surface area contributed by atoms with Crippen LogP contribution in [0.2, 0.25) is 0 Å². The van der Waals surface area contributed by atoms with E-state index in [2.05, 4.69) is 9.47 Å². The van der Waals surface area contributed by atoms with Gasteiger partial charge in [0.15, 0.2) is 0 Å². The largest absolute Gasteiger partial charge is 0.514 e. The molecule has 126 valence electrons. The predicted molar refractivity (Wildman–Crippen MR) is 88.7 cm³/mol. The Morgan fingerprint density at radius 2 is 1.57 bits per heavy atom. The number of esters is 2. The summed E-state index contributed by atoms with van der Waals surface area (Å²) in [7, 11) is 2.38. The van der Waals surface area contributed by atoms with E-state index in [4.69, 9.17) is 9.47 Å². The minimum Gasteiger partial charge on any atom is -0.465 e.